The summed E-state index contributed by atoms with van der Waals surface area (Å²) in [7, 11) is 1.60. The Morgan fingerprint density at radius 2 is 1.60 bits per heavy atom. The zero-order valence-corrected chi connectivity index (χ0v) is 26.7. The van der Waals surface area contributed by atoms with Crippen LogP contribution in [0.4, 0.5) is 4.79 Å². The van der Waals surface area contributed by atoms with Gasteiger partial charge in [-0.05, 0) is 51.5 Å². The molecule has 3 amide bonds. The summed E-state index contributed by atoms with van der Waals surface area (Å²) in [5, 5.41) is 8.08. The first kappa shape index (κ1) is 37.7. The Hall–Kier alpha value is -3.31. The molecule has 11 heteroatoms. The first-order valence-electron chi connectivity index (χ1n) is 15.0. The van der Waals surface area contributed by atoms with Crippen LogP contribution in [0.1, 0.15) is 72.3 Å². The molecule has 0 saturated carbocycles. The van der Waals surface area contributed by atoms with E-state index in [0.717, 1.165) is 5.56 Å². The van der Waals surface area contributed by atoms with Crippen LogP contribution >= 0.6 is 0 Å². The van der Waals surface area contributed by atoms with Crippen molar-refractivity contribution in [3.63, 3.8) is 0 Å². The minimum Gasteiger partial charge on any atom is -0.444 e. The number of amides is 3. The molecule has 0 bridgehead atoms. The van der Waals surface area contributed by atoms with Crippen molar-refractivity contribution in [3.8, 4) is 0 Å². The number of rotatable bonds is 21. The Morgan fingerprint density at radius 3 is 2.23 bits per heavy atom. The quantitative estimate of drug-likeness (QED) is 0.181. The molecule has 1 rings (SSSR count). The zero-order chi connectivity index (χ0) is 32.3. The molecule has 0 spiro atoms. The van der Waals surface area contributed by atoms with Gasteiger partial charge in [-0.25, -0.2) is 4.79 Å². The van der Waals surface area contributed by atoms with E-state index >= 15 is 0 Å². The lowest BCUT2D eigenvalue weighted by molar-refractivity contribution is -0.133. The topological polar surface area (TPSA) is 149 Å². The van der Waals surface area contributed by atoms with E-state index in [2.05, 4.69) is 16.0 Å². The highest BCUT2D eigenvalue weighted by atomic mass is 16.6. The summed E-state index contributed by atoms with van der Waals surface area (Å²) in [6.45, 7) is 10.7. The zero-order valence-electron chi connectivity index (χ0n) is 26.7. The first-order chi connectivity index (χ1) is 20.3. The van der Waals surface area contributed by atoms with E-state index in [1.54, 1.807) is 27.9 Å². The van der Waals surface area contributed by atoms with Gasteiger partial charge in [-0.2, -0.15) is 0 Å². The van der Waals surface area contributed by atoms with Crippen molar-refractivity contribution in [3.05, 3.63) is 35.9 Å². The molecule has 0 aromatic heterocycles. The number of Topliss-reactive ketones (excluding diaryl/α,β-unsaturated/α-hetero) is 2. The fourth-order valence-electron chi connectivity index (χ4n) is 4.17. The van der Waals surface area contributed by atoms with Crippen LogP contribution in [0.5, 0.6) is 0 Å². The molecule has 0 aliphatic rings. The number of ketones is 2. The molecule has 0 radical (unpaired) electrons. The third-order valence-electron chi connectivity index (χ3n) is 6.23. The van der Waals surface area contributed by atoms with Gasteiger partial charge in [0.25, 0.3) is 0 Å². The van der Waals surface area contributed by atoms with Crippen molar-refractivity contribution in [2.24, 2.45) is 11.8 Å². The molecule has 1 aromatic rings. The normalized spacial score (nSPS) is 12.7. The van der Waals surface area contributed by atoms with Gasteiger partial charge in [-0.1, -0.05) is 44.2 Å². The van der Waals surface area contributed by atoms with Gasteiger partial charge in [0.15, 0.2) is 11.6 Å². The number of carbonyl (C=O) groups excluding carboxylic acids is 5. The van der Waals surface area contributed by atoms with Gasteiger partial charge in [0.2, 0.25) is 11.8 Å². The second-order valence-corrected chi connectivity index (χ2v) is 12.0. The van der Waals surface area contributed by atoms with Crippen molar-refractivity contribution >= 4 is 29.5 Å². The van der Waals surface area contributed by atoms with Crippen LogP contribution in [0, 0.1) is 11.8 Å². The molecule has 0 aliphatic heterocycles. The van der Waals surface area contributed by atoms with Crippen molar-refractivity contribution in [1.82, 2.24) is 16.0 Å². The summed E-state index contributed by atoms with van der Waals surface area (Å²) >= 11 is 0. The van der Waals surface area contributed by atoms with Crippen LogP contribution in [0.2, 0.25) is 0 Å². The lowest BCUT2D eigenvalue weighted by atomic mass is 9.91. The highest BCUT2D eigenvalue weighted by molar-refractivity contribution is 5.94. The molecule has 0 heterocycles. The largest absolute Gasteiger partial charge is 0.444 e. The maximum Gasteiger partial charge on any atom is 0.408 e. The second kappa shape index (κ2) is 20.6. The Kier molecular flexibility index (Phi) is 18.0. The highest BCUT2D eigenvalue weighted by Gasteiger charge is 2.28. The lowest BCUT2D eigenvalue weighted by Crippen LogP contribution is -2.46. The van der Waals surface area contributed by atoms with Gasteiger partial charge in [0, 0.05) is 45.4 Å². The van der Waals surface area contributed by atoms with E-state index in [1.165, 1.54) is 0 Å². The van der Waals surface area contributed by atoms with Crippen LogP contribution in [0.25, 0.3) is 0 Å². The molecule has 1 aromatic carbocycles. The molecule has 11 nitrogen and oxygen atoms in total. The summed E-state index contributed by atoms with van der Waals surface area (Å²) in [6, 6.07) is 8.50. The summed E-state index contributed by atoms with van der Waals surface area (Å²) in [5.41, 5.74) is 0.156. The second-order valence-electron chi connectivity index (χ2n) is 12.0. The number of ether oxygens (including phenoxy) is 3. The third-order valence-corrected chi connectivity index (χ3v) is 6.23. The van der Waals surface area contributed by atoms with Crippen molar-refractivity contribution in [1.29, 1.82) is 0 Å². The van der Waals surface area contributed by atoms with Gasteiger partial charge in [0.1, 0.15) is 5.60 Å². The maximum atomic E-state index is 13.5. The van der Waals surface area contributed by atoms with E-state index in [1.807, 2.05) is 44.2 Å². The Morgan fingerprint density at radius 1 is 0.907 bits per heavy atom. The van der Waals surface area contributed by atoms with Crippen molar-refractivity contribution < 1.29 is 38.2 Å². The molecule has 43 heavy (non-hydrogen) atoms. The summed E-state index contributed by atoms with van der Waals surface area (Å²) in [5.74, 6) is -1.90. The Labute approximate surface area is 256 Å². The highest BCUT2D eigenvalue weighted by Crippen LogP contribution is 2.16. The number of nitrogens with one attached hydrogen (secondary N) is 3. The predicted octanol–water partition coefficient (Wildman–Crippen LogP) is 3.38. The molecule has 0 aliphatic carbocycles. The van der Waals surface area contributed by atoms with E-state index in [9.17, 15) is 24.0 Å². The summed E-state index contributed by atoms with van der Waals surface area (Å²) < 4.78 is 15.5. The van der Waals surface area contributed by atoms with Gasteiger partial charge in [-0.3, -0.25) is 19.2 Å². The SMILES string of the molecule is COCCOCCCNC(=O)CCC(=O)C(CC(C)C)NC(=O)C(CC(=O)CNC(=O)OC(C)(C)C)Cc1ccccc1. The van der Waals surface area contributed by atoms with Crippen molar-refractivity contribution in [2.75, 3.05) is 40.0 Å². The molecule has 2 unspecified atom stereocenters. The van der Waals surface area contributed by atoms with Crippen LogP contribution in [-0.2, 0) is 39.8 Å². The fourth-order valence-corrected chi connectivity index (χ4v) is 4.17. The van der Waals surface area contributed by atoms with Gasteiger partial charge in [-0.15, -0.1) is 0 Å². The number of hydrogen-bond donors (Lipinski definition) is 3. The van der Waals surface area contributed by atoms with Gasteiger partial charge >= 0.3 is 6.09 Å². The third kappa shape index (κ3) is 18.8. The molecule has 0 saturated heterocycles. The number of hydrogen-bond acceptors (Lipinski definition) is 8. The minimum absolute atomic E-state index is 0.0100. The maximum absolute atomic E-state index is 13.5. The average Bonchev–Trinajstić information content (AvgIpc) is 2.93. The number of methoxy groups -OCH3 is 1. The van der Waals surface area contributed by atoms with Crippen LogP contribution < -0.4 is 16.0 Å². The fraction of sp³-hybridized carbons (Fsp3) is 0.656. The first-order valence-corrected chi connectivity index (χ1v) is 15.0. The summed E-state index contributed by atoms with van der Waals surface area (Å²) in [6.07, 6.45) is 0.474. The van der Waals surface area contributed by atoms with Gasteiger partial charge < -0.3 is 30.2 Å². The monoisotopic (exact) mass is 605 g/mol. The molecule has 3 N–H and O–H groups in total. The smallest absolute Gasteiger partial charge is 0.408 e. The molecule has 242 valence electrons. The van der Waals surface area contributed by atoms with E-state index in [-0.39, 0.29) is 55.6 Å². The van der Waals surface area contributed by atoms with E-state index in [0.29, 0.717) is 39.2 Å². The number of carbonyl (C=O) groups is 5. The van der Waals surface area contributed by atoms with Crippen LogP contribution in [-0.4, -0.2) is 81.1 Å². The number of alkyl carbamates (subject to hydrolysis) is 1. The van der Waals surface area contributed by atoms with Crippen LogP contribution in [0.3, 0.4) is 0 Å². The van der Waals surface area contributed by atoms with E-state index in [4.69, 9.17) is 14.2 Å². The molecular formula is C32H51N3O8. The Balaban J connectivity index is 2.77. The number of benzene rings is 1. The molecular weight excluding hydrogens is 554 g/mol. The minimum atomic E-state index is -0.789. The van der Waals surface area contributed by atoms with Gasteiger partial charge in [0.05, 0.1) is 25.8 Å². The lowest BCUT2D eigenvalue weighted by Gasteiger charge is -2.23. The van der Waals surface area contributed by atoms with Crippen molar-refractivity contribution in [2.45, 2.75) is 84.8 Å². The average molecular weight is 606 g/mol. The summed E-state index contributed by atoms with van der Waals surface area (Å²) in [4.78, 5) is 63.7. The standard InChI is InChI=1S/C32H51N3O8/c1-23(2)19-27(28(37)13-14-29(38)33-15-10-16-42-18-17-41-6)35-30(39)25(20-24-11-8-7-9-12-24)21-26(36)22-34-31(40)43-32(3,4)5/h7-9,11-12,23,25,27H,10,13-22H2,1-6H3,(H,33,38)(H,34,40)(H,35,39). The Bertz CT molecular complexity index is 1010. The van der Waals surface area contributed by atoms with E-state index < -0.39 is 29.6 Å². The molecule has 0 fully saturated rings. The predicted molar refractivity (Wildman–Crippen MR) is 163 cm³/mol. The molecule has 2 atom stereocenters. The van der Waals surface area contributed by atoms with Crippen LogP contribution in [0.15, 0.2) is 30.3 Å².